The molecule has 10 nitrogen and oxygen atoms in total. The molecule has 8 N–H and O–H groups in total. The van der Waals surface area contributed by atoms with Crippen LogP contribution in [-0.2, 0) is 24.0 Å². The molecule has 1 aliphatic heterocycles. The molecule has 1 amide bonds. The second-order valence-corrected chi connectivity index (χ2v) is 15.0. The van der Waals surface area contributed by atoms with Crippen molar-refractivity contribution in [1.82, 2.24) is 4.90 Å². The lowest BCUT2D eigenvalue weighted by atomic mass is 9.50. The van der Waals surface area contributed by atoms with Crippen LogP contribution in [0, 0.1) is 17.3 Å². The quantitative estimate of drug-likeness (QED) is 0.100. The van der Waals surface area contributed by atoms with Gasteiger partial charge in [0, 0.05) is 12.5 Å². The van der Waals surface area contributed by atoms with Crippen molar-refractivity contribution in [2.75, 3.05) is 13.1 Å². The predicted octanol–water partition coefficient (Wildman–Crippen LogP) is 4.10. The van der Waals surface area contributed by atoms with Crippen molar-refractivity contribution >= 4 is 29.5 Å². The Hall–Kier alpha value is -2.79. The van der Waals surface area contributed by atoms with Gasteiger partial charge in [-0.1, -0.05) is 95.0 Å². The molecule has 49 heavy (non-hydrogen) atoms. The number of carbonyl (C=O) groups excluding carboxylic acids is 5. The highest BCUT2D eigenvalue weighted by Gasteiger charge is 2.69. The van der Waals surface area contributed by atoms with Gasteiger partial charge in [-0.05, 0) is 75.3 Å². The number of amides is 1. The second-order valence-electron chi connectivity index (χ2n) is 15.0. The maximum absolute atomic E-state index is 15.7. The van der Waals surface area contributed by atoms with Crippen molar-refractivity contribution < 1.29 is 24.0 Å². The van der Waals surface area contributed by atoms with Gasteiger partial charge in [0.25, 0.3) is 0 Å². The summed E-state index contributed by atoms with van der Waals surface area (Å²) in [5.41, 5.74) is 21.9. The van der Waals surface area contributed by atoms with Crippen LogP contribution in [0.1, 0.15) is 128 Å². The monoisotopic (exact) mass is 679 g/mol. The zero-order chi connectivity index (χ0) is 35.6. The third-order valence-electron chi connectivity index (χ3n) is 11.9. The highest BCUT2D eigenvalue weighted by atomic mass is 16.2. The Kier molecular flexibility index (Phi) is 14.3. The van der Waals surface area contributed by atoms with Crippen molar-refractivity contribution in [2.24, 2.45) is 40.2 Å². The highest BCUT2D eigenvalue weighted by molar-refractivity contribution is 6.23. The Balaban J connectivity index is 1.89. The van der Waals surface area contributed by atoms with Gasteiger partial charge in [0.1, 0.15) is 11.7 Å². The summed E-state index contributed by atoms with van der Waals surface area (Å²) in [5, 5.41) is 0. The summed E-state index contributed by atoms with van der Waals surface area (Å²) in [5.74, 6) is -3.52. The molecule has 1 heterocycles. The first-order valence-corrected chi connectivity index (χ1v) is 19.0. The van der Waals surface area contributed by atoms with Crippen LogP contribution in [0.3, 0.4) is 0 Å². The van der Waals surface area contributed by atoms with Crippen LogP contribution in [0.15, 0.2) is 30.3 Å². The van der Waals surface area contributed by atoms with Crippen LogP contribution in [0.25, 0.3) is 0 Å². The fourth-order valence-electron chi connectivity index (χ4n) is 9.29. The van der Waals surface area contributed by atoms with E-state index < -0.39 is 58.3 Å². The normalized spacial score (nSPS) is 23.5. The number of hydrogen-bond acceptors (Lipinski definition) is 9. The van der Waals surface area contributed by atoms with E-state index in [9.17, 15) is 14.4 Å². The smallest absolute Gasteiger partial charge is 0.240 e. The van der Waals surface area contributed by atoms with Crippen LogP contribution in [0.4, 0.5) is 0 Å². The van der Waals surface area contributed by atoms with Gasteiger partial charge in [-0.25, -0.2) is 0 Å². The van der Waals surface area contributed by atoms with E-state index >= 15 is 9.59 Å². The molecule has 0 radical (unpaired) electrons. The lowest BCUT2D eigenvalue weighted by Gasteiger charge is -2.51. The van der Waals surface area contributed by atoms with Gasteiger partial charge >= 0.3 is 0 Å². The van der Waals surface area contributed by atoms with Gasteiger partial charge in [0.15, 0.2) is 22.9 Å². The molecule has 1 aromatic carbocycles. The minimum absolute atomic E-state index is 0.204. The molecule has 0 spiro atoms. The topological polar surface area (TPSA) is 193 Å². The Morgan fingerprint density at radius 1 is 0.857 bits per heavy atom. The van der Waals surface area contributed by atoms with E-state index in [1.807, 2.05) is 37.3 Å². The Morgan fingerprint density at radius 3 is 2.08 bits per heavy atom. The molecule has 3 unspecified atom stereocenters. The number of rotatable bonds is 18. The van der Waals surface area contributed by atoms with E-state index in [4.69, 9.17) is 22.9 Å². The van der Waals surface area contributed by atoms with E-state index in [0.717, 1.165) is 57.8 Å². The number of Topliss-reactive ketones (excluding diaryl/α,β-unsaturated/α-hetero) is 3. The van der Waals surface area contributed by atoms with Crippen LogP contribution < -0.4 is 22.9 Å². The minimum atomic E-state index is -2.51. The molecule has 3 aliphatic rings. The van der Waals surface area contributed by atoms with Gasteiger partial charge < -0.3 is 32.6 Å². The van der Waals surface area contributed by atoms with Gasteiger partial charge in [0.05, 0.1) is 18.1 Å². The summed E-state index contributed by atoms with van der Waals surface area (Å²) in [4.78, 5) is 75.1. The molecule has 0 aromatic heterocycles. The number of carbonyl (C=O) groups is 5. The molecule has 272 valence electrons. The summed E-state index contributed by atoms with van der Waals surface area (Å²) >= 11 is 0. The molecule has 10 heteroatoms. The second kappa shape index (κ2) is 17.9. The SMILES string of the molecule is CCC(C(=O)C(C(=O)[C@@H]1CCCN1C(=O)C(N)CCCCN)(C1CCCCC1)[C@](N)(C=O)C(=O)[C@H](N)CC1CCCCC1)c1ccccc1. The third kappa shape index (κ3) is 8.08. The summed E-state index contributed by atoms with van der Waals surface area (Å²) in [7, 11) is 0. The van der Waals surface area contributed by atoms with Gasteiger partial charge in [-0.2, -0.15) is 0 Å². The summed E-state index contributed by atoms with van der Waals surface area (Å²) < 4.78 is 0. The molecular weight excluding hydrogens is 618 g/mol. The van der Waals surface area contributed by atoms with Crippen molar-refractivity contribution in [3.63, 3.8) is 0 Å². The van der Waals surface area contributed by atoms with Crippen molar-refractivity contribution in [2.45, 2.75) is 146 Å². The number of nitrogens with two attached hydrogens (primary N) is 4. The van der Waals surface area contributed by atoms with Crippen LogP contribution in [0.5, 0.6) is 0 Å². The first-order valence-electron chi connectivity index (χ1n) is 19.0. The van der Waals surface area contributed by atoms with Crippen molar-refractivity contribution in [3.05, 3.63) is 35.9 Å². The zero-order valence-electron chi connectivity index (χ0n) is 29.7. The van der Waals surface area contributed by atoms with Crippen LogP contribution in [0.2, 0.25) is 0 Å². The standard InChI is InChI=1S/C39H61N5O5/c1-2-30(28-17-8-4-9-18-28)34(46)39(29-19-10-5-11-20-29,38(43,26-45)35(47)32(42)25-27-15-6-3-7-16-27)36(48)33-22-14-24-44(33)37(49)31(41)21-12-13-23-40/h4,8-9,17-18,26-27,29-33H,2-3,5-7,10-16,19-25,40-43H2,1H3/t30?,31?,32-,33+,38+,39?/m1/s1. The van der Waals surface area contributed by atoms with Crippen LogP contribution in [-0.4, -0.2) is 71.2 Å². The Morgan fingerprint density at radius 2 is 1.49 bits per heavy atom. The molecule has 4 rings (SSSR count). The number of benzene rings is 1. The number of likely N-dealkylation sites (tertiary alicyclic amines) is 1. The van der Waals surface area contributed by atoms with Gasteiger partial charge in [-0.3, -0.25) is 19.2 Å². The number of hydrogen-bond donors (Lipinski definition) is 4. The van der Waals surface area contributed by atoms with Gasteiger partial charge in [0.2, 0.25) is 5.91 Å². The molecule has 2 saturated carbocycles. The lowest BCUT2D eigenvalue weighted by Crippen LogP contribution is -2.76. The minimum Gasteiger partial charge on any atom is -0.331 e. The van der Waals surface area contributed by atoms with E-state index in [1.54, 1.807) is 0 Å². The average molecular weight is 680 g/mol. The highest BCUT2D eigenvalue weighted by Crippen LogP contribution is 2.52. The summed E-state index contributed by atoms with van der Waals surface area (Å²) in [6.45, 7) is 2.64. The largest absolute Gasteiger partial charge is 0.331 e. The van der Waals surface area contributed by atoms with E-state index in [2.05, 4.69) is 0 Å². The zero-order valence-corrected chi connectivity index (χ0v) is 29.7. The Bertz CT molecular complexity index is 1280. The first kappa shape index (κ1) is 39.0. The number of nitrogens with zero attached hydrogens (tertiary/aromatic N) is 1. The fraction of sp³-hybridized carbons (Fsp3) is 0.718. The lowest BCUT2D eigenvalue weighted by molar-refractivity contribution is -0.165. The van der Waals surface area contributed by atoms with E-state index in [1.165, 1.54) is 4.90 Å². The molecule has 6 atom stereocenters. The summed E-state index contributed by atoms with van der Waals surface area (Å²) in [6, 6.07) is 6.19. The molecule has 3 fully saturated rings. The first-order chi connectivity index (χ1) is 23.6. The molecule has 0 bridgehead atoms. The Labute approximate surface area is 292 Å². The molecule has 1 saturated heterocycles. The van der Waals surface area contributed by atoms with Crippen molar-refractivity contribution in [1.29, 1.82) is 0 Å². The van der Waals surface area contributed by atoms with Crippen LogP contribution >= 0.6 is 0 Å². The number of ketones is 3. The van der Waals surface area contributed by atoms with E-state index in [0.29, 0.717) is 76.3 Å². The third-order valence-corrected chi connectivity index (χ3v) is 11.9. The summed E-state index contributed by atoms with van der Waals surface area (Å²) in [6.07, 6.45) is 12.0. The number of unbranched alkanes of at least 4 members (excludes halogenated alkanes) is 1. The van der Waals surface area contributed by atoms with Gasteiger partial charge in [-0.15, -0.1) is 0 Å². The fourth-order valence-corrected chi connectivity index (χ4v) is 9.29. The molecule has 1 aromatic rings. The van der Waals surface area contributed by atoms with E-state index in [-0.39, 0.29) is 11.8 Å². The predicted molar refractivity (Wildman–Crippen MR) is 191 cm³/mol. The maximum Gasteiger partial charge on any atom is 0.240 e. The molecule has 2 aliphatic carbocycles. The maximum atomic E-state index is 15.7. The molecular formula is C39H61N5O5. The average Bonchev–Trinajstić information content (AvgIpc) is 3.63. The van der Waals surface area contributed by atoms with Crippen molar-refractivity contribution in [3.8, 4) is 0 Å². The number of aldehydes is 1.